The predicted molar refractivity (Wildman–Crippen MR) is 89.6 cm³/mol. The molecule has 0 fully saturated rings. The molecule has 4 nitrogen and oxygen atoms in total. The van der Waals surface area contributed by atoms with E-state index in [0.29, 0.717) is 6.42 Å². The zero-order chi connectivity index (χ0) is 15.7. The smallest absolute Gasteiger partial charge is 0.217 e. The molecule has 0 saturated carbocycles. The van der Waals surface area contributed by atoms with Gasteiger partial charge in [0.05, 0.1) is 7.11 Å². The van der Waals surface area contributed by atoms with Crippen LogP contribution in [0.4, 0.5) is 0 Å². The maximum atomic E-state index is 10.8. The molecule has 1 aromatic carbocycles. The molecule has 0 saturated heterocycles. The van der Waals surface area contributed by atoms with Crippen molar-refractivity contribution in [3.05, 3.63) is 28.2 Å². The van der Waals surface area contributed by atoms with Crippen LogP contribution >= 0.6 is 15.9 Å². The number of rotatable bonds is 10. The molecule has 0 atom stereocenters. The molecule has 1 rings (SSSR count). The summed E-state index contributed by atoms with van der Waals surface area (Å²) in [7, 11) is 1.70. The SMILES string of the molecule is CCCN(CCCC(N)=O)CCc1cc(Br)ccc1OC. The van der Waals surface area contributed by atoms with E-state index >= 15 is 0 Å². The van der Waals surface area contributed by atoms with Gasteiger partial charge in [0.2, 0.25) is 5.91 Å². The number of hydrogen-bond acceptors (Lipinski definition) is 3. The summed E-state index contributed by atoms with van der Waals surface area (Å²) in [6.45, 7) is 5.07. The van der Waals surface area contributed by atoms with Crippen molar-refractivity contribution in [1.29, 1.82) is 0 Å². The average molecular weight is 357 g/mol. The Morgan fingerprint density at radius 1 is 1.33 bits per heavy atom. The molecule has 0 aliphatic carbocycles. The van der Waals surface area contributed by atoms with Crippen molar-refractivity contribution in [1.82, 2.24) is 4.90 Å². The van der Waals surface area contributed by atoms with Gasteiger partial charge in [0.25, 0.3) is 0 Å². The summed E-state index contributed by atoms with van der Waals surface area (Å²) in [6, 6.07) is 6.07. The molecular weight excluding hydrogens is 332 g/mol. The first-order chi connectivity index (χ1) is 10.1. The Hall–Kier alpha value is -1.07. The van der Waals surface area contributed by atoms with E-state index in [0.717, 1.165) is 49.1 Å². The van der Waals surface area contributed by atoms with Gasteiger partial charge in [-0.25, -0.2) is 0 Å². The monoisotopic (exact) mass is 356 g/mol. The number of carbonyl (C=O) groups is 1. The van der Waals surface area contributed by atoms with Crippen molar-refractivity contribution >= 4 is 21.8 Å². The van der Waals surface area contributed by atoms with E-state index in [1.54, 1.807) is 7.11 Å². The van der Waals surface area contributed by atoms with Crippen LogP contribution in [0, 0.1) is 0 Å². The highest BCUT2D eigenvalue weighted by Gasteiger charge is 2.08. The number of amides is 1. The number of nitrogens with two attached hydrogens (primary N) is 1. The summed E-state index contributed by atoms with van der Waals surface area (Å²) >= 11 is 3.50. The van der Waals surface area contributed by atoms with E-state index < -0.39 is 0 Å². The summed E-state index contributed by atoms with van der Waals surface area (Å²) in [5, 5.41) is 0. The second kappa shape index (κ2) is 9.79. The van der Waals surface area contributed by atoms with Crippen molar-refractivity contribution in [3.63, 3.8) is 0 Å². The number of ether oxygens (including phenoxy) is 1. The lowest BCUT2D eigenvalue weighted by atomic mass is 10.1. The highest BCUT2D eigenvalue weighted by molar-refractivity contribution is 9.10. The van der Waals surface area contributed by atoms with Gasteiger partial charge in [-0.2, -0.15) is 0 Å². The second-order valence-corrected chi connectivity index (χ2v) is 6.03. The lowest BCUT2D eigenvalue weighted by Crippen LogP contribution is -2.29. The van der Waals surface area contributed by atoms with E-state index in [2.05, 4.69) is 33.8 Å². The first-order valence-corrected chi connectivity index (χ1v) is 8.19. The van der Waals surface area contributed by atoms with Crippen LogP contribution in [0.25, 0.3) is 0 Å². The molecule has 0 heterocycles. The zero-order valence-corrected chi connectivity index (χ0v) is 14.5. The van der Waals surface area contributed by atoms with Gasteiger partial charge in [0.15, 0.2) is 0 Å². The maximum Gasteiger partial charge on any atom is 0.217 e. The van der Waals surface area contributed by atoms with Crippen LogP contribution in [0.2, 0.25) is 0 Å². The van der Waals surface area contributed by atoms with Crippen molar-refractivity contribution in [2.45, 2.75) is 32.6 Å². The molecule has 1 amide bonds. The molecule has 0 radical (unpaired) electrons. The van der Waals surface area contributed by atoms with E-state index in [-0.39, 0.29) is 5.91 Å². The van der Waals surface area contributed by atoms with Gasteiger partial charge in [-0.1, -0.05) is 22.9 Å². The number of methoxy groups -OCH3 is 1. The van der Waals surface area contributed by atoms with Gasteiger partial charge in [-0.05, 0) is 56.1 Å². The third-order valence-corrected chi connectivity index (χ3v) is 3.87. The Bertz CT molecular complexity index is 452. The lowest BCUT2D eigenvalue weighted by molar-refractivity contribution is -0.118. The molecule has 1 aromatic rings. The summed E-state index contributed by atoms with van der Waals surface area (Å²) in [6.07, 6.45) is 3.32. The minimum atomic E-state index is -0.222. The quantitative estimate of drug-likeness (QED) is 0.700. The Labute approximate surface area is 135 Å². The summed E-state index contributed by atoms with van der Waals surface area (Å²) in [5.74, 6) is 0.701. The van der Waals surface area contributed by atoms with Crippen LogP contribution in [0.15, 0.2) is 22.7 Å². The molecule has 0 aliphatic heterocycles. The highest BCUT2D eigenvalue weighted by atomic mass is 79.9. The Balaban J connectivity index is 2.55. The van der Waals surface area contributed by atoms with Crippen molar-refractivity contribution in [2.24, 2.45) is 5.73 Å². The highest BCUT2D eigenvalue weighted by Crippen LogP contribution is 2.23. The largest absolute Gasteiger partial charge is 0.496 e. The lowest BCUT2D eigenvalue weighted by Gasteiger charge is -2.22. The predicted octanol–water partition coefficient (Wildman–Crippen LogP) is 2.98. The topological polar surface area (TPSA) is 55.6 Å². The number of halogens is 1. The number of carbonyl (C=O) groups excluding carboxylic acids is 1. The summed E-state index contributed by atoms with van der Waals surface area (Å²) in [5.41, 5.74) is 6.39. The van der Waals surface area contributed by atoms with E-state index in [9.17, 15) is 4.79 Å². The van der Waals surface area contributed by atoms with Crippen LogP contribution in [0.1, 0.15) is 31.7 Å². The molecule has 0 aliphatic rings. The van der Waals surface area contributed by atoms with Gasteiger partial charge >= 0.3 is 0 Å². The molecule has 0 spiro atoms. The molecule has 21 heavy (non-hydrogen) atoms. The minimum Gasteiger partial charge on any atom is -0.496 e. The molecule has 0 bridgehead atoms. The standard InChI is InChI=1S/C16H25BrN2O2/c1-3-9-19(10-4-5-16(18)20)11-8-13-12-14(17)6-7-15(13)21-2/h6-7,12H,3-5,8-11H2,1-2H3,(H2,18,20). The van der Waals surface area contributed by atoms with Crippen LogP contribution in [-0.4, -0.2) is 37.6 Å². The normalized spacial score (nSPS) is 10.9. The third-order valence-electron chi connectivity index (χ3n) is 3.38. The van der Waals surface area contributed by atoms with E-state index in [1.807, 2.05) is 12.1 Å². The third kappa shape index (κ3) is 6.96. The molecule has 118 valence electrons. The van der Waals surface area contributed by atoms with Crippen molar-refractivity contribution < 1.29 is 9.53 Å². The molecule has 2 N–H and O–H groups in total. The van der Waals surface area contributed by atoms with Gasteiger partial charge in [0.1, 0.15) is 5.75 Å². The zero-order valence-electron chi connectivity index (χ0n) is 12.9. The molecule has 5 heteroatoms. The molecular formula is C16H25BrN2O2. The van der Waals surface area contributed by atoms with Crippen LogP contribution < -0.4 is 10.5 Å². The second-order valence-electron chi connectivity index (χ2n) is 5.12. The number of benzene rings is 1. The first kappa shape index (κ1) is 18.0. The Kier molecular flexibility index (Phi) is 8.38. The average Bonchev–Trinajstić information content (AvgIpc) is 2.44. The maximum absolute atomic E-state index is 10.8. The molecule has 0 unspecified atom stereocenters. The van der Waals surface area contributed by atoms with E-state index in [4.69, 9.17) is 10.5 Å². The summed E-state index contributed by atoms with van der Waals surface area (Å²) < 4.78 is 6.47. The fraction of sp³-hybridized carbons (Fsp3) is 0.562. The van der Waals surface area contributed by atoms with Gasteiger partial charge in [-0.15, -0.1) is 0 Å². The number of primary amides is 1. The van der Waals surface area contributed by atoms with Crippen LogP contribution in [0.3, 0.4) is 0 Å². The van der Waals surface area contributed by atoms with Gasteiger partial charge < -0.3 is 15.4 Å². The fourth-order valence-electron chi connectivity index (χ4n) is 2.35. The number of nitrogens with zero attached hydrogens (tertiary/aromatic N) is 1. The number of hydrogen-bond donors (Lipinski definition) is 1. The summed E-state index contributed by atoms with van der Waals surface area (Å²) in [4.78, 5) is 13.2. The van der Waals surface area contributed by atoms with Crippen LogP contribution in [-0.2, 0) is 11.2 Å². The van der Waals surface area contributed by atoms with Crippen LogP contribution in [0.5, 0.6) is 5.75 Å². The minimum absolute atomic E-state index is 0.222. The Morgan fingerprint density at radius 2 is 2.10 bits per heavy atom. The Morgan fingerprint density at radius 3 is 2.71 bits per heavy atom. The van der Waals surface area contributed by atoms with Gasteiger partial charge in [0, 0.05) is 17.4 Å². The molecule has 0 aromatic heterocycles. The first-order valence-electron chi connectivity index (χ1n) is 7.40. The van der Waals surface area contributed by atoms with Crippen molar-refractivity contribution in [3.8, 4) is 5.75 Å². The fourth-order valence-corrected chi connectivity index (χ4v) is 2.76. The van der Waals surface area contributed by atoms with E-state index in [1.165, 1.54) is 5.56 Å². The van der Waals surface area contributed by atoms with Crippen molar-refractivity contribution in [2.75, 3.05) is 26.7 Å². The van der Waals surface area contributed by atoms with Gasteiger partial charge in [-0.3, -0.25) is 4.79 Å².